The topological polar surface area (TPSA) is 38.7 Å². The van der Waals surface area contributed by atoms with Crippen LogP contribution >= 0.6 is 0 Å². The fourth-order valence-corrected chi connectivity index (χ4v) is 7.99. The van der Waals surface area contributed by atoms with Crippen LogP contribution in [-0.2, 0) is 6.42 Å². The second kappa shape index (κ2) is 14.5. The summed E-state index contributed by atoms with van der Waals surface area (Å²) in [5.74, 6) is 1.95. The van der Waals surface area contributed by atoms with Gasteiger partial charge in [0.05, 0.1) is 0 Å². The number of benzene rings is 8. The normalized spacial score (nSPS) is 12.2. The molecule has 0 N–H and O–H groups in total. The largest absolute Gasteiger partial charge is 0.208 e. The SMILES string of the molecule is C1=C(c2cc(-c3cccc(-c4cccc(-c5nc(-c6ccccc6)nc(-c6ccccc6)n5)c4)c3)cc(-c3cccc4ccccc34)c2)c2ccccc2CC1. The molecule has 1 aliphatic carbocycles. The Morgan fingerprint density at radius 3 is 1.52 bits per heavy atom. The van der Waals surface area contributed by atoms with E-state index in [1.165, 1.54) is 55.3 Å². The van der Waals surface area contributed by atoms with Crippen molar-refractivity contribution in [3.8, 4) is 67.5 Å². The van der Waals surface area contributed by atoms with E-state index in [4.69, 9.17) is 15.0 Å². The summed E-state index contributed by atoms with van der Waals surface area (Å²) in [5, 5.41) is 2.50. The Hall–Kier alpha value is -7.23. The molecule has 10 rings (SSSR count). The highest BCUT2D eigenvalue weighted by Gasteiger charge is 2.18. The van der Waals surface area contributed by atoms with Crippen molar-refractivity contribution in [2.75, 3.05) is 0 Å². The Bertz CT molecular complexity index is 2850. The first-order valence-corrected chi connectivity index (χ1v) is 19.2. The van der Waals surface area contributed by atoms with Gasteiger partial charge in [0, 0.05) is 16.7 Å². The predicted octanol–water partition coefficient (Wildman–Crippen LogP) is 13.4. The van der Waals surface area contributed by atoms with Crippen molar-refractivity contribution in [2.24, 2.45) is 0 Å². The van der Waals surface area contributed by atoms with Crippen LogP contribution in [0.25, 0.3) is 83.9 Å². The summed E-state index contributed by atoms with van der Waals surface area (Å²) < 4.78 is 0. The lowest BCUT2D eigenvalue weighted by Crippen LogP contribution is -2.01. The first kappa shape index (κ1) is 33.3. The molecule has 1 heterocycles. The molecule has 1 aliphatic rings. The molecule has 0 unspecified atom stereocenters. The van der Waals surface area contributed by atoms with Gasteiger partial charge in [-0.1, -0.05) is 170 Å². The van der Waals surface area contributed by atoms with Gasteiger partial charge in [-0.25, -0.2) is 15.0 Å². The van der Waals surface area contributed by atoms with Crippen molar-refractivity contribution in [3.05, 3.63) is 217 Å². The van der Waals surface area contributed by atoms with Gasteiger partial charge in [-0.3, -0.25) is 0 Å². The van der Waals surface area contributed by atoms with Gasteiger partial charge in [-0.15, -0.1) is 0 Å². The van der Waals surface area contributed by atoms with Crippen LogP contribution in [0.1, 0.15) is 23.1 Å². The van der Waals surface area contributed by atoms with Gasteiger partial charge in [0.25, 0.3) is 0 Å². The minimum absolute atomic E-state index is 0.643. The van der Waals surface area contributed by atoms with E-state index in [-0.39, 0.29) is 0 Å². The zero-order valence-electron chi connectivity index (χ0n) is 30.8. The Morgan fingerprint density at radius 1 is 0.321 bits per heavy atom. The minimum Gasteiger partial charge on any atom is -0.208 e. The second-order valence-electron chi connectivity index (χ2n) is 14.3. The molecule has 3 heteroatoms. The summed E-state index contributed by atoms with van der Waals surface area (Å²) in [4.78, 5) is 14.9. The van der Waals surface area contributed by atoms with Crippen LogP contribution in [0.2, 0.25) is 0 Å². The molecule has 56 heavy (non-hydrogen) atoms. The molecule has 8 aromatic carbocycles. The highest BCUT2D eigenvalue weighted by Crippen LogP contribution is 2.39. The number of hydrogen-bond acceptors (Lipinski definition) is 3. The Kier molecular flexibility index (Phi) is 8.66. The molecule has 264 valence electrons. The zero-order chi connectivity index (χ0) is 37.3. The zero-order valence-corrected chi connectivity index (χ0v) is 30.8. The summed E-state index contributed by atoms with van der Waals surface area (Å²) >= 11 is 0. The van der Waals surface area contributed by atoms with Gasteiger partial charge in [0.15, 0.2) is 17.5 Å². The third-order valence-electron chi connectivity index (χ3n) is 10.8. The van der Waals surface area contributed by atoms with E-state index in [0.717, 1.165) is 40.7 Å². The van der Waals surface area contributed by atoms with E-state index in [2.05, 4.69) is 140 Å². The molecule has 0 atom stereocenters. The summed E-state index contributed by atoms with van der Waals surface area (Å²) in [6.07, 6.45) is 4.53. The van der Waals surface area contributed by atoms with Crippen LogP contribution in [0.3, 0.4) is 0 Å². The lowest BCUT2D eigenvalue weighted by atomic mass is 9.84. The lowest BCUT2D eigenvalue weighted by Gasteiger charge is -2.20. The van der Waals surface area contributed by atoms with E-state index < -0.39 is 0 Å². The van der Waals surface area contributed by atoms with E-state index in [0.29, 0.717) is 17.5 Å². The number of aromatic nitrogens is 3. The minimum atomic E-state index is 0.643. The molecule has 3 nitrogen and oxygen atoms in total. The van der Waals surface area contributed by atoms with Crippen LogP contribution < -0.4 is 0 Å². The Morgan fingerprint density at radius 2 is 0.786 bits per heavy atom. The second-order valence-corrected chi connectivity index (χ2v) is 14.3. The monoisotopic (exact) mass is 715 g/mol. The van der Waals surface area contributed by atoms with Crippen LogP contribution in [0.5, 0.6) is 0 Å². The van der Waals surface area contributed by atoms with Crippen LogP contribution in [-0.4, -0.2) is 15.0 Å². The van der Waals surface area contributed by atoms with Gasteiger partial charge in [-0.05, 0) is 110 Å². The quantitative estimate of drug-likeness (QED) is 0.165. The number of fused-ring (bicyclic) bond motifs is 2. The Labute approximate surface area is 327 Å². The number of allylic oxidation sites excluding steroid dienone is 1. The van der Waals surface area contributed by atoms with Crippen LogP contribution in [0.4, 0.5) is 0 Å². The summed E-state index contributed by atoms with van der Waals surface area (Å²) in [5.41, 5.74) is 15.2. The lowest BCUT2D eigenvalue weighted by molar-refractivity contribution is 0.978. The Balaban J connectivity index is 1.08. The van der Waals surface area contributed by atoms with Gasteiger partial charge in [-0.2, -0.15) is 0 Å². The van der Waals surface area contributed by atoms with Crippen molar-refractivity contribution in [3.63, 3.8) is 0 Å². The molecule has 0 bridgehead atoms. The highest BCUT2D eigenvalue weighted by atomic mass is 15.0. The average molecular weight is 716 g/mol. The summed E-state index contributed by atoms with van der Waals surface area (Å²) in [6, 6.07) is 69.0. The molecule has 1 aromatic heterocycles. The fourth-order valence-electron chi connectivity index (χ4n) is 7.99. The van der Waals surface area contributed by atoms with Crippen molar-refractivity contribution in [1.82, 2.24) is 15.0 Å². The standard InChI is InChI=1S/C53H37N3/c1-3-17-38(18-4-1)51-54-52(39-19-5-2-6-20-39)56-53(55-51)43-26-12-24-41(32-43)40-23-11-25-42(31-40)44-33-45(49-29-13-21-36-15-7-9-27-47(36)49)35-46(34-44)50-30-14-22-37-16-8-10-28-48(37)50/h1-13,15-21,23-35H,14,22H2. The van der Waals surface area contributed by atoms with Gasteiger partial charge < -0.3 is 0 Å². The first-order chi connectivity index (χ1) is 27.7. The molecule has 0 spiro atoms. The average Bonchev–Trinajstić information content (AvgIpc) is 3.29. The molecule has 0 saturated carbocycles. The van der Waals surface area contributed by atoms with Crippen LogP contribution in [0, 0.1) is 0 Å². The maximum absolute atomic E-state index is 5.00. The van der Waals surface area contributed by atoms with E-state index in [9.17, 15) is 0 Å². The number of aryl methyl sites for hydroxylation is 1. The summed E-state index contributed by atoms with van der Waals surface area (Å²) in [7, 11) is 0. The van der Waals surface area contributed by atoms with E-state index in [1.54, 1.807) is 0 Å². The summed E-state index contributed by atoms with van der Waals surface area (Å²) in [6.45, 7) is 0. The van der Waals surface area contributed by atoms with Crippen molar-refractivity contribution in [1.29, 1.82) is 0 Å². The molecule has 0 fully saturated rings. The van der Waals surface area contributed by atoms with Crippen LogP contribution in [0.15, 0.2) is 200 Å². The van der Waals surface area contributed by atoms with Gasteiger partial charge >= 0.3 is 0 Å². The molecule has 0 radical (unpaired) electrons. The maximum atomic E-state index is 5.00. The molecular weight excluding hydrogens is 679 g/mol. The number of hydrogen-bond donors (Lipinski definition) is 0. The smallest absolute Gasteiger partial charge is 0.164 e. The molecule has 0 aliphatic heterocycles. The molecule has 9 aromatic rings. The first-order valence-electron chi connectivity index (χ1n) is 19.2. The van der Waals surface area contributed by atoms with E-state index in [1.807, 2.05) is 60.7 Å². The molecule has 0 saturated heterocycles. The third kappa shape index (κ3) is 6.50. The number of rotatable bonds is 7. The van der Waals surface area contributed by atoms with Crippen molar-refractivity contribution >= 4 is 16.3 Å². The fraction of sp³-hybridized carbons (Fsp3) is 0.0377. The third-order valence-corrected chi connectivity index (χ3v) is 10.8. The maximum Gasteiger partial charge on any atom is 0.164 e. The predicted molar refractivity (Wildman–Crippen MR) is 232 cm³/mol. The van der Waals surface area contributed by atoms with E-state index >= 15 is 0 Å². The van der Waals surface area contributed by atoms with Crippen molar-refractivity contribution < 1.29 is 0 Å². The highest BCUT2D eigenvalue weighted by molar-refractivity contribution is 5.98. The molecule has 0 amide bonds. The van der Waals surface area contributed by atoms with Gasteiger partial charge in [0.2, 0.25) is 0 Å². The van der Waals surface area contributed by atoms with Crippen molar-refractivity contribution in [2.45, 2.75) is 12.8 Å². The molecular formula is C53H37N3. The number of nitrogens with zero attached hydrogens (tertiary/aromatic N) is 3. The van der Waals surface area contributed by atoms with Gasteiger partial charge in [0.1, 0.15) is 0 Å².